The van der Waals surface area contributed by atoms with E-state index in [1.54, 1.807) is 31.3 Å². The molecular weight excluding hydrogens is 266 g/mol. The second kappa shape index (κ2) is 5.52. The molecule has 0 radical (unpaired) electrons. The van der Waals surface area contributed by atoms with Gasteiger partial charge in [-0.15, -0.1) is 0 Å². The molecular formula is C12H15N3O3S. The first kappa shape index (κ1) is 13.7. The number of aliphatic hydroxyl groups excluding tert-OH is 1. The Morgan fingerprint density at radius 1 is 1.21 bits per heavy atom. The van der Waals surface area contributed by atoms with Gasteiger partial charge in [0, 0.05) is 13.6 Å². The Balaban J connectivity index is 2.07. The lowest BCUT2D eigenvalue weighted by Gasteiger charge is -2.07. The van der Waals surface area contributed by atoms with Gasteiger partial charge in [-0.3, -0.25) is 4.68 Å². The Kier molecular flexibility index (Phi) is 3.98. The van der Waals surface area contributed by atoms with Gasteiger partial charge in [-0.25, -0.2) is 13.1 Å². The lowest BCUT2D eigenvalue weighted by molar-refractivity contribution is 0.282. The normalized spacial score (nSPS) is 11.7. The number of sulfonamides is 1. The number of benzene rings is 1. The molecule has 0 fully saturated rings. The van der Waals surface area contributed by atoms with Gasteiger partial charge in [-0.2, -0.15) is 5.10 Å². The molecule has 0 saturated heterocycles. The Bertz CT molecular complexity index is 647. The van der Waals surface area contributed by atoms with Crippen molar-refractivity contribution in [1.29, 1.82) is 0 Å². The maximum Gasteiger partial charge on any atom is 0.258 e. The van der Waals surface area contributed by atoms with Crippen LogP contribution in [0, 0.1) is 0 Å². The lowest BCUT2D eigenvalue weighted by atomic mass is 10.1. The summed E-state index contributed by atoms with van der Waals surface area (Å²) in [4.78, 5) is 0. The molecule has 0 aliphatic heterocycles. The van der Waals surface area contributed by atoms with Gasteiger partial charge < -0.3 is 5.11 Å². The minimum atomic E-state index is -3.56. The van der Waals surface area contributed by atoms with Crippen molar-refractivity contribution in [1.82, 2.24) is 14.5 Å². The SMILES string of the molecule is Cn1nccc1S(=O)(=O)NCc1ccc(CO)cc1. The standard InChI is InChI=1S/C12H15N3O3S/c1-15-12(6-7-13-15)19(17,18)14-8-10-2-4-11(9-16)5-3-10/h2-7,14,16H,8-9H2,1H3. The van der Waals surface area contributed by atoms with E-state index < -0.39 is 10.0 Å². The summed E-state index contributed by atoms with van der Waals surface area (Å²) in [5.41, 5.74) is 1.61. The Morgan fingerprint density at radius 2 is 1.84 bits per heavy atom. The van der Waals surface area contributed by atoms with Crippen LogP contribution in [0.5, 0.6) is 0 Å². The molecule has 2 N–H and O–H groups in total. The van der Waals surface area contributed by atoms with Crippen LogP contribution < -0.4 is 4.72 Å². The van der Waals surface area contributed by atoms with Gasteiger partial charge in [0.05, 0.1) is 12.8 Å². The fraction of sp³-hybridized carbons (Fsp3) is 0.250. The van der Waals surface area contributed by atoms with Crippen molar-refractivity contribution in [2.75, 3.05) is 0 Å². The van der Waals surface area contributed by atoms with Crippen molar-refractivity contribution in [3.63, 3.8) is 0 Å². The lowest BCUT2D eigenvalue weighted by Crippen LogP contribution is -2.25. The molecule has 102 valence electrons. The van der Waals surface area contributed by atoms with Crippen LogP contribution in [-0.4, -0.2) is 23.3 Å². The van der Waals surface area contributed by atoms with Crippen LogP contribution in [0.25, 0.3) is 0 Å². The molecule has 19 heavy (non-hydrogen) atoms. The fourth-order valence-corrected chi connectivity index (χ4v) is 2.78. The highest BCUT2D eigenvalue weighted by molar-refractivity contribution is 7.89. The third kappa shape index (κ3) is 3.19. The smallest absolute Gasteiger partial charge is 0.258 e. The molecule has 1 aromatic carbocycles. The van der Waals surface area contributed by atoms with Crippen LogP contribution in [0.1, 0.15) is 11.1 Å². The molecule has 0 spiro atoms. The summed E-state index contributed by atoms with van der Waals surface area (Å²) >= 11 is 0. The summed E-state index contributed by atoms with van der Waals surface area (Å²) in [5.74, 6) is 0. The molecule has 6 nitrogen and oxygen atoms in total. The maximum atomic E-state index is 12.0. The maximum absolute atomic E-state index is 12.0. The van der Waals surface area contributed by atoms with E-state index in [0.29, 0.717) is 0 Å². The number of aromatic nitrogens is 2. The van der Waals surface area contributed by atoms with Crippen LogP contribution in [0.15, 0.2) is 41.6 Å². The number of hydrogen-bond acceptors (Lipinski definition) is 4. The molecule has 1 heterocycles. The van der Waals surface area contributed by atoms with Crippen LogP contribution in [0.2, 0.25) is 0 Å². The number of hydrogen-bond donors (Lipinski definition) is 2. The number of aliphatic hydroxyl groups is 1. The van der Waals surface area contributed by atoms with Gasteiger partial charge in [0.25, 0.3) is 10.0 Å². The zero-order valence-corrected chi connectivity index (χ0v) is 11.3. The molecule has 0 amide bonds. The third-order valence-corrected chi connectivity index (χ3v) is 4.20. The van der Waals surface area contributed by atoms with Gasteiger partial charge in [-0.05, 0) is 17.2 Å². The van der Waals surface area contributed by atoms with Crippen LogP contribution in [-0.2, 0) is 30.2 Å². The molecule has 0 saturated carbocycles. The molecule has 0 unspecified atom stereocenters. The van der Waals surface area contributed by atoms with E-state index in [0.717, 1.165) is 11.1 Å². The van der Waals surface area contributed by atoms with Crippen molar-refractivity contribution in [2.45, 2.75) is 18.2 Å². The first-order valence-corrected chi connectivity index (χ1v) is 7.17. The molecule has 0 atom stereocenters. The molecule has 1 aromatic heterocycles. The van der Waals surface area contributed by atoms with Gasteiger partial charge in [0.1, 0.15) is 0 Å². The molecule has 0 bridgehead atoms. The summed E-state index contributed by atoms with van der Waals surface area (Å²) < 4.78 is 27.8. The quantitative estimate of drug-likeness (QED) is 0.830. The fourth-order valence-electron chi connectivity index (χ4n) is 1.64. The zero-order valence-electron chi connectivity index (χ0n) is 10.4. The molecule has 0 aliphatic rings. The summed E-state index contributed by atoms with van der Waals surface area (Å²) in [7, 11) is -1.99. The van der Waals surface area contributed by atoms with E-state index in [1.165, 1.54) is 16.9 Å². The van der Waals surface area contributed by atoms with E-state index in [1.807, 2.05) is 0 Å². The first-order chi connectivity index (χ1) is 9.03. The van der Waals surface area contributed by atoms with E-state index in [9.17, 15) is 8.42 Å². The van der Waals surface area contributed by atoms with E-state index >= 15 is 0 Å². The summed E-state index contributed by atoms with van der Waals surface area (Å²) in [6.07, 6.45) is 1.44. The van der Waals surface area contributed by atoms with E-state index in [-0.39, 0.29) is 18.2 Å². The third-order valence-electron chi connectivity index (χ3n) is 2.72. The van der Waals surface area contributed by atoms with Crippen LogP contribution >= 0.6 is 0 Å². The van der Waals surface area contributed by atoms with Crippen molar-refractivity contribution in [3.8, 4) is 0 Å². The van der Waals surface area contributed by atoms with E-state index in [4.69, 9.17) is 5.11 Å². The topological polar surface area (TPSA) is 84.2 Å². The highest BCUT2D eigenvalue weighted by Gasteiger charge is 2.17. The average molecular weight is 281 g/mol. The van der Waals surface area contributed by atoms with Crippen LogP contribution in [0.4, 0.5) is 0 Å². The summed E-state index contributed by atoms with van der Waals surface area (Å²) in [5, 5.41) is 12.9. The summed E-state index contributed by atoms with van der Waals surface area (Å²) in [6, 6.07) is 8.51. The monoisotopic (exact) mass is 281 g/mol. The average Bonchev–Trinajstić information content (AvgIpc) is 2.84. The number of nitrogens with one attached hydrogen (secondary N) is 1. The Hall–Kier alpha value is -1.70. The first-order valence-electron chi connectivity index (χ1n) is 5.69. The number of aryl methyl sites for hydroxylation is 1. The van der Waals surface area contributed by atoms with E-state index in [2.05, 4.69) is 9.82 Å². The van der Waals surface area contributed by atoms with Crippen LogP contribution in [0.3, 0.4) is 0 Å². The van der Waals surface area contributed by atoms with Gasteiger partial charge in [0.2, 0.25) is 0 Å². The van der Waals surface area contributed by atoms with Gasteiger partial charge in [0.15, 0.2) is 5.03 Å². The highest BCUT2D eigenvalue weighted by atomic mass is 32.2. The predicted molar refractivity (Wildman–Crippen MR) is 69.6 cm³/mol. The Labute approximate surface area is 111 Å². The number of nitrogens with zero attached hydrogens (tertiary/aromatic N) is 2. The van der Waals surface area contributed by atoms with Crippen molar-refractivity contribution in [2.24, 2.45) is 7.05 Å². The second-order valence-electron chi connectivity index (χ2n) is 4.09. The predicted octanol–water partition coefficient (Wildman–Crippen LogP) is 0.391. The second-order valence-corrected chi connectivity index (χ2v) is 5.81. The molecule has 2 aromatic rings. The Morgan fingerprint density at radius 3 is 2.37 bits per heavy atom. The molecule has 7 heteroatoms. The van der Waals surface area contributed by atoms with Gasteiger partial charge >= 0.3 is 0 Å². The molecule has 2 rings (SSSR count). The van der Waals surface area contributed by atoms with Crippen molar-refractivity contribution < 1.29 is 13.5 Å². The van der Waals surface area contributed by atoms with Crippen molar-refractivity contribution >= 4 is 10.0 Å². The minimum Gasteiger partial charge on any atom is -0.392 e. The highest BCUT2D eigenvalue weighted by Crippen LogP contribution is 2.08. The molecule has 0 aliphatic carbocycles. The van der Waals surface area contributed by atoms with Gasteiger partial charge in [-0.1, -0.05) is 24.3 Å². The minimum absolute atomic E-state index is 0.0268. The zero-order chi connectivity index (χ0) is 13.9. The number of rotatable bonds is 5. The summed E-state index contributed by atoms with van der Waals surface area (Å²) in [6.45, 7) is 0.167. The largest absolute Gasteiger partial charge is 0.392 e. The van der Waals surface area contributed by atoms with Crippen molar-refractivity contribution in [3.05, 3.63) is 47.7 Å².